The van der Waals surface area contributed by atoms with Gasteiger partial charge in [0.1, 0.15) is 5.54 Å². The number of amides is 1. The van der Waals surface area contributed by atoms with E-state index in [1.807, 2.05) is 36.4 Å². The van der Waals surface area contributed by atoms with E-state index in [0.717, 1.165) is 22.0 Å². The average Bonchev–Trinajstić information content (AvgIpc) is 2.47. The predicted molar refractivity (Wildman–Crippen MR) is 107 cm³/mol. The monoisotopic (exact) mass is 433 g/mol. The smallest absolute Gasteiger partial charge is 0.239 e. The first-order valence-electron chi connectivity index (χ1n) is 6.98. The van der Waals surface area contributed by atoms with Gasteiger partial charge in [-0.1, -0.05) is 52.3 Å². The van der Waals surface area contributed by atoms with Crippen molar-refractivity contribution in [1.82, 2.24) is 0 Å². The molecule has 0 bridgehead atoms. The lowest BCUT2D eigenvalue weighted by molar-refractivity contribution is -0.123. The standard InChI is InChI=1S/C17H20BrN3O.2ClH/c1-17(21,16(20)22)15(19)13-7-5-11(6-8-13)9-12-3-2-4-14(18)10-12;;/h2-8,10,15H,9,19,21H2,1H3,(H2,20,22);2*1H. The zero-order valence-electron chi connectivity index (χ0n) is 13.2. The Hall–Kier alpha value is -1.11. The van der Waals surface area contributed by atoms with Crippen LogP contribution in [0.2, 0.25) is 0 Å². The van der Waals surface area contributed by atoms with Crippen molar-refractivity contribution < 1.29 is 4.79 Å². The second kappa shape index (κ2) is 9.39. The second-order valence-corrected chi connectivity index (χ2v) is 6.59. The summed E-state index contributed by atoms with van der Waals surface area (Å²) in [4.78, 5) is 11.4. The molecule has 7 heteroatoms. The second-order valence-electron chi connectivity index (χ2n) is 5.67. The van der Waals surface area contributed by atoms with Crippen LogP contribution in [-0.4, -0.2) is 11.4 Å². The molecular formula is C17H22BrCl2N3O. The molecule has 2 unspecified atom stereocenters. The van der Waals surface area contributed by atoms with Crippen LogP contribution < -0.4 is 17.2 Å². The maximum absolute atomic E-state index is 11.4. The largest absolute Gasteiger partial charge is 0.368 e. The quantitative estimate of drug-likeness (QED) is 0.674. The van der Waals surface area contributed by atoms with E-state index in [9.17, 15) is 4.79 Å². The highest BCUT2D eigenvalue weighted by Crippen LogP contribution is 2.22. The van der Waals surface area contributed by atoms with Gasteiger partial charge >= 0.3 is 0 Å². The summed E-state index contributed by atoms with van der Waals surface area (Å²) in [5.41, 5.74) is 19.2. The van der Waals surface area contributed by atoms with Crippen molar-refractivity contribution >= 4 is 46.7 Å². The molecule has 2 rings (SSSR count). The Labute approximate surface area is 163 Å². The Morgan fingerprint density at radius 2 is 1.71 bits per heavy atom. The van der Waals surface area contributed by atoms with Gasteiger partial charge in [-0.25, -0.2) is 0 Å². The van der Waals surface area contributed by atoms with E-state index in [2.05, 4.69) is 28.1 Å². The van der Waals surface area contributed by atoms with Gasteiger partial charge in [0.15, 0.2) is 0 Å². The molecule has 0 aliphatic heterocycles. The van der Waals surface area contributed by atoms with Gasteiger partial charge in [0.2, 0.25) is 5.91 Å². The summed E-state index contributed by atoms with van der Waals surface area (Å²) in [7, 11) is 0. The lowest BCUT2D eigenvalue weighted by Gasteiger charge is -2.28. The summed E-state index contributed by atoms with van der Waals surface area (Å²) in [5.74, 6) is -0.613. The normalized spacial score (nSPS) is 13.8. The van der Waals surface area contributed by atoms with E-state index in [0.29, 0.717) is 0 Å². The molecule has 24 heavy (non-hydrogen) atoms. The lowest BCUT2D eigenvalue weighted by atomic mass is 9.87. The molecule has 2 atom stereocenters. The van der Waals surface area contributed by atoms with Crippen molar-refractivity contribution in [2.75, 3.05) is 0 Å². The van der Waals surface area contributed by atoms with Crippen LogP contribution >= 0.6 is 40.7 Å². The van der Waals surface area contributed by atoms with Crippen LogP contribution in [0.15, 0.2) is 53.0 Å². The summed E-state index contributed by atoms with van der Waals surface area (Å²) < 4.78 is 1.06. The van der Waals surface area contributed by atoms with E-state index < -0.39 is 17.5 Å². The fourth-order valence-electron chi connectivity index (χ4n) is 2.22. The molecule has 0 radical (unpaired) electrons. The third-order valence-electron chi connectivity index (χ3n) is 3.81. The van der Waals surface area contributed by atoms with Gasteiger partial charge in [-0.15, -0.1) is 24.8 Å². The predicted octanol–water partition coefficient (Wildman–Crippen LogP) is 3.09. The van der Waals surface area contributed by atoms with Crippen molar-refractivity contribution in [3.05, 3.63) is 69.7 Å². The molecule has 0 aliphatic rings. The zero-order valence-corrected chi connectivity index (χ0v) is 16.5. The number of hydrogen-bond donors (Lipinski definition) is 3. The van der Waals surface area contributed by atoms with Crippen LogP contribution in [0.4, 0.5) is 0 Å². The van der Waals surface area contributed by atoms with Crippen molar-refractivity contribution in [2.24, 2.45) is 17.2 Å². The third-order valence-corrected chi connectivity index (χ3v) is 4.31. The summed E-state index contributed by atoms with van der Waals surface area (Å²) in [6.45, 7) is 1.55. The molecule has 0 saturated carbocycles. The first-order chi connectivity index (χ1) is 10.3. The summed E-state index contributed by atoms with van der Waals surface area (Å²) in [6.07, 6.45) is 0.824. The average molecular weight is 435 g/mol. The molecule has 0 aliphatic carbocycles. The van der Waals surface area contributed by atoms with E-state index >= 15 is 0 Å². The molecule has 0 aromatic heterocycles. The first-order valence-corrected chi connectivity index (χ1v) is 7.77. The summed E-state index contributed by atoms with van der Waals surface area (Å²) in [5, 5.41) is 0. The van der Waals surface area contributed by atoms with Crippen molar-refractivity contribution in [3.63, 3.8) is 0 Å². The molecular weight excluding hydrogens is 413 g/mol. The van der Waals surface area contributed by atoms with Crippen LogP contribution in [0.25, 0.3) is 0 Å². The number of rotatable bonds is 5. The fourth-order valence-corrected chi connectivity index (χ4v) is 2.67. The lowest BCUT2D eigenvalue weighted by Crippen LogP contribution is -2.56. The van der Waals surface area contributed by atoms with Gasteiger partial charge in [0, 0.05) is 4.47 Å². The first kappa shape index (κ1) is 22.9. The van der Waals surface area contributed by atoms with E-state index in [-0.39, 0.29) is 24.8 Å². The van der Waals surface area contributed by atoms with Gasteiger partial charge in [0.25, 0.3) is 0 Å². The number of hydrogen-bond acceptors (Lipinski definition) is 3. The Balaban J connectivity index is 0.00000264. The molecule has 2 aromatic carbocycles. The number of halogens is 3. The number of primary amides is 1. The molecule has 0 fully saturated rings. The number of carbonyl (C=O) groups excluding carboxylic acids is 1. The zero-order chi connectivity index (χ0) is 16.3. The Morgan fingerprint density at radius 3 is 2.21 bits per heavy atom. The topological polar surface area (TPSA) is 95.1 Å². The SMILES string of the molecule is CC(N)(C(N)=O)C(N)c1ccc(Cc2cccc(Br)c2)cc1.Cl.Cl. The highest BCUT2D eigenvalue weighted by molar-refractivity contribution is 9.10. The molecule has 0 spiro atoms. The van der Waals surface area contributed by atoms with Gasteiger partial charge < -0.3 is 17.2 Å². The Kier molecular flexibility index (Phi) is 8.96. The molecule has 6 N–H and O–H groups in total. The third kappa shape index (κ3) is 5.46. The number of nitrogens with two attached hydrogens (primary N) is 3. The molecule has 4 nitrogen and oxygen atoms in total. The van der Waals surface area contributed by atoms with Crippen LogP contribution in [0.3, 0.4) is 0 Å². The number of benzene rings is 2. The molecule has 1 amide bonds. The Morgan fingerprint density at radius 1 is 1.12 bits per heavy atom. The van der Waals surface area contributed by atoms with Crippen LogP contribution in [0.1, 0.15) is 29.7 Å². The minimum Gasteiger partial charge on any atom is -0.368 e. The highest BCUT2D eigenvalue weighted by atomic mass is 79.9. The fraction of sp³-hybridized carbons (Fsp3) is 0.235. The maximum atomic E-state index is 11.4. The van der Waals surface area contributed by atoms with Gasteiger partial charge in [0.05, 0.1) is 6.04 Å². The van der Waals surface area contributed by atoms with Gasteiger partial charge in [-0.3, -0.25) is 4.79 Å². The number of carbonyl (C=O) groups is 1. The van der Waals surface area contributed by atoms with Gasteiger partial charge in [-0.2, -0.15) is 0 Å². The summed E-state index contributed by atoms with van der Waals surface area (Å²) >= 11 is 3.47. The van der Waals surface area contributed by atoms with Crippen LogP contribution in [-0.2, 0) is 11.2 Å². The van der Waals surface area contributed by atoms with E-state index in [1.54, 1.807) is 6.92 Å². The molecule has 0 saturated heterocycles. The van der Waals surface area contributed by atoms with Crippen molar-refractivity contribution in [2.45, 2.75) is 24.9 Å². The summed E-state index contributed by atoms with van der Waals surface area (Å²) in [6, 6.07) is 15.3. The Bertz CT molecular complexity index is 678. The highest BCUT2D eigenvalue weighted by Gasteiger charge is 2.34. The minimum absolute atomic E-state index is 0. The molecule has 2 aromatic rings. The van der Waals surface area contributed by atoms with Crippen LogP contribution in [0.5, 0.6) is 0 Å². The molecule has 0 heterocycles. The van der Waals surface area contributed by atoms with E-state index in [1.165, 1.54) is 5.56 Å². The minimum atomic E-state index is -1.27. The van der Waals surface area contributed by atoms with E-state index in [4.69, 9.17) is 17.2 Å². The van der Waals surface area contributed by atoms with Crippen LogP contribution in [0, 0.1) is 0 Å². The van der Waals surface area contributed by atoms with Crippen molar-refractivity contribution in [3.8, 4) is 0 Å². The molecule has 132 valence electrons. The van der Waals surface area contributed by atoms with Gasteiger partial charge in [-0.05, 0) is 42.2 Å². The maximum Gasteiger partial charge on any atom is 0.239 e. The van der Waals surface area contributed by atoms with Crippen molar-refractivity contribution in [1.29, 1.82) is 0 Å².